The van der Waals surface area contributed by atoms with Gasteiger partial charge in [-0.2, -0.15) is 0 Å². The van der Waals surface area contributed by atoms with Gasteiger partial charge >= 0.3 is 11.9 Å². The number of unbranched alkanes of at least 4 members (excludes halogenated alkanes) is 9. The summed E-state index contributed by atoms with van der Waals surface area (Å²) in [6.45, 7) is 6.18. The topological polar surface area (TPSA) is 225 Å². The van der Waals surface area contributed by atoms with Crippen LogP contribution < -0.4 is 19.7 Å². The van der Waals surface area contributed by atoms with E-state index in [0.29, 0.717) is 30.9 Å². The summed E-state index contributed by atoms with van der Waals surface area (Å²) in [7, 11) is -8.55. The maximum Gasteiger partial charge on any atom is 0.344 e. The molecule has 1 atom stereocenters. The molecule has 0 bridgehead atoms. The number of anilines is 3. The average molecular weight is 1040 g/mol. The molecule has 3 N–H and O–H groups in total. The summed E-state index contributed by atoms with van der Waals surface area (Å²) in [4.78, 5) is 55.0. The van der Waals surface area contributed by atoms with E-state index in [4.69, 9.17) is 32.7 Å². The number of esters is 2. The number of amides is 2. The van der Waals surface area contributed by atoms with E-state index in [-0.39, 0.29) is 67.5 Å². The van der Waals surface area contributed by atoms with Gasteiger partial charge < -0.3 is 19.7 Å². The fourth-order valence-corrected chi connectivity index (χ4v) is 10.4. The summed E-state index contributed by atoms with van der Waals surface area (Å²) in [6, 6.07) is 16.7. The fraction of sp³-hybridized carbons (Fsp3) is 0.429. The van der Waals surface area contributed by atoms with Gasteiger partial charge in [-0.1, -0.05) is 125 Å². The van der Waals surface area contributed by atoms with E-state index in [2.05, 4.69) is 32.0 Å². The van der Waals surface area contributed by atoms with Crippen LogP contribution in [0.5, 0.6) is 0 Å². The third-order valence-electron chi connectivity index (χ3n) is 11.7. The number of carbonyl (C=O) groups is 4. The molecule has 0 saturated heterocycles. The van der Waals surface area contributed by atoms with E-state index >= 15 is 0 Å². The van der Waals surface area contributed by atoms with E-state index in [0.717, 1.165) is 48.1 Å². The van der Waals surface area contributed by atoms with Gasteiger partial charge in [-0.15, -0.1) is 5.10 Å². The van der Waals surface area contributed by atoms with Crippen LogP contribution in [-0.4, -0.2) is 81.9 Å². The van der Waals surface area contributed by atoms with Crippen molar-refractivity contribution in [2.75, 3.05) is 41.2 Å². The van der Waals surface area contributed by atoms with Crippen molar-refractivity contribution in [3.8, 4) is 0 Å². The minimum atomic E-state index is -4.52. The Morgan fingerprint density at radius 2 is 1.40 bits per heavy atom. The number of nitrogens with zero attached hydrogens (tertiary/aromatic N) is 4. The number of ether oxygens (including phenoxy) is 2. The normalized spacial score (nSPS) is 13.0. The predicted octanol–water partition coefficient (Wildman–Crippen LogP) is 9.25. The molecule has 2 heterocycles. The first kappa shape index (κ1) is 53.7. The van der Waals surface area contributed by atoms with Crippen molar-refractivity contribution in [3.63, 3.8) is 0 Å². The second kappa shape index (κ2) is 25.0. The molecule has 21 heteroatoms. The first-order valence-corrected chi connectivity index (χ1v) is 27.2. The fourth-order valence-electron chi connectivity index (χ4n) is 7.78. The summed E-state index contributed by atoms with van der Waals surface area (Å²) >= 11 is 12.9. The van der Waals surface area contributed by atoms with Crippen LogP contribution in [0.3, 0.4) is 0 Å². The summed E-state index contributed by atoms with van der Waals surface area (Å²) in [5.41, 5.74) is 1.35. The number of hydrogen-bond acceptors (Lipinski definition) is 12. The number of hydrogen-bond donors (Lipinski definition) is 3. The molecule has 4 aromatic carbocycles. The highest BCUT2D eigenvalue weighted by Crippen LogP contribution is 2.34. The van der Waals surface area contributed by atoms with Crippen molar-refractivity contribution in [3.05, 3.63) is 100 Å². The Bertz CT molecular complexity index is 2900. The van der Waals surface area contributed by atoms with E-state index in [1.807, 2.05) is 26.0 Å². The minimum absolute atomic E-state index is 0.0136. The van der Waals surface area contributed by atoms with Gasteiger partial charge in [0.05, 0.1) is 48.9 Å². The highest BCUT2D eigenvalue weighted by Gasteiger charge is 2.38. The van der Waals surface area contributed by atoms with Gasteiger partial charge in [0, 0.05) is 18.8 Å². The SMILES string of the molecule is CCCCCCCCCCCCNS(=O)(=O)c1ccc(Cl)c(NS(=O)(=O)c2ccc(Cl)c(NC(=O)C(C(=O)N3CCc4ccccc43)n3nnc4cc(C(=O)OCC(=O)OCCC(C)C)ccc43)c2)c1. The van der Waals surface area contributed by atoms with Gasteiger partial charge in [0.25, 0.3) is 21.8 Å². The second-order valence-electron chi connectivity index (χ2n) is 17.4. The summed E-state index contributed by atoms with van der Waals surface area (Å²) in [5, 5.41) is 10.8. The molecular weight excluding hydrogens is 982 g/mol. The number of aromatic nitrogens is 3. The number of rotatable bonds is 26. The highest BCUT2D eigenvalue weighted by atomic mass is 35.5. The molecule has 1 aliphatic heterocycles. The number of fused-ring (bicyclic) bond motifs is 2. The molecule has 2 amide bonds. The van der Waals surface area contributed by atoms with Crippen molar-refractivity contribution in [1.82, 2.24) is 19.7 Å². The quantitative estimate of drug-likeness (QED) is 0.0268. The third-order valence-corrected chi connectivity index (χ3v) is 15.2. The standard InChI is InChI=1S/C49H59Cl2N7O10S2/c1-4-5-6-7-8-9-10-11-12-15-26-52-69(63,64)36-19-22-39(51)41(31-36)55-70(65,66)37-20-21-38(50)40(30-37)53-47(60)46(48(61)57-27-24-34-16-13-14-17-43(34)57)58-44-23-18-35(29-42(44)54-56-58)49(62)68-32-45(59)67-28-25-33(2)3/h13-14,16-23,29-31,33,46,52,55H,4-12,15,24-28,32H2,1-3H3,(H,53,60). The number of para-hydroxylation sites is 1. The zero-order valence-electron chi connectivity index (χ0n) is 39.4. The van der Waals surface area contributed by atoms with Crippen LogP contribution in [0.4, 0.5) is 17.1 Å². The number of carbonyl (C=O) groups excluding carboxylic acids is 4. The van der Waals surface area contributed by atoms with Gasteiger partial charge in [-0.05, 0) is 91.4 Å². The molecule has 376 valence electrons. The molecular formula is C49H59Cl2N7O10S2. The number of halogens is 2. The molecule has 0 saturated carbocycles. The average Bonchev–Trinajstić information content (AvgIpc) is 3.95. The Hall–Kier alpha value is -5.60. The van der Waals surface area contributed by atoms with Gasteiger partial charge in [0.1, 0.15) is 5.52 Å². The molecule has 0 aliphatic carbocycles. The van der Waals surface area contributed by atoms with Gasteiger partial charge in [0.15, 0.2) is 6.61 Å². The third kappa shape index (κ3) is 14.3. The van der Waals surface area contributed by atoms with Crippen LogP contribution in [0.1, 0.15) is 113 Å². The van der Waals surface area contributed by atoms with Crippen molar-refractivity contribution in [1.29, 1.82) is 0 Å². The van der Waals surface area contributed by atoms with Crippen LogP contribution in [0, 0.1) is 5.92 Å². The summed E-state index contributed by atoms with van der Waals surface area (Å²) in [6.07, 6.45) is 12.1. The molecule has 6 rings (SSSR count). The van der Waals surface area contributed by atoms with E-state index in [1.165, 1.54) is 79.5 Å². The Kier molecular flexibility index (Phi) is 19.2. The highest BCUT2D eigenvalue weighted by molar-refractivity contribution is 7.92. The second-order valence-corrected chi connectivity index (χ2v) is 21.7. The van der Waals surface area contributed by atoms with Crippen molar-refractivity contribution in [2.24, 2.45) is 5.92 Å². The summed E-state index contributed by atoms with van der Waals surface area (Å²) < 4.78 is 70.6. The Labute approximate surface area is 419 Å². The lowest BCUT2D eigenvalue weighted by atomic mass is 10.1. The van der Waals surface area contributed by atoms with E-state index in [9.17, 15) is 36.0 Å². The molecule has 1 aliphatic rings. The summed E-state index contributed by atoms with van der Waals surface area (Å²) in [5.74, 6) is -2.89. The van der Waals surface area contributed by atoms with Gasteiger partial charge in [-0.3, -0.25) is 14.3 Å². The van der Waals surface area contributed by atoms with Gasteiger partial charge in [0.2, 0.25) is 16.1 Å². The largest absolute Gasteiger partial charge is 0.463 e. The van der Waals surface area contributed by atoms with Crippen molar-refractivity contribution < 1.29 is 45.5 Å². The monoisotopic (exact) mass is 1040 g/mol. The minimum Gasteiger partial charge on any atom is -0.463 e. The zero-order valence-corrected chi connectivity index (χ0v) is 42.6. The molecule has 5 aromatic rings. The first-order chi connectivity index (χ1) is 33.5. The Balaban J connectivity index is 1.17. The van der Waals surface area contributed by atoms with Crippen LogP contribution in [-0.2, 0) is 50.3 Å². The van der Waals surface area contributed by atoms with E-state index in [1.54, 1.807) is 12.1 Å². The Morgan fingerprint density at radius 1 is 0.757 bits per heavy atom. The van der Waals surface area contributed by atoms with Crippen LogP contribution in [0.15, 0.2) is 88.7 Å². The lowest BCUT2D eigenvalue weighted by Crippen LogP contribution is -2.42. The number of benzene rings is 4. The number of sulfonamides is 2. The molecule has 17 nitrogen and oxygen atoms in total. The predicted molar refractivity (Wildman–Crippen MR) is 269 cm³/mol. The molecule has 1 unspecified atom stereocenters. The maximum absolute atomic E-state index is 14.6. The molecule has 0 fully saturated rings. The van der Waals surface area contributed by atoms with E-state index < -0.39 is 56.4 Å². The zero-order chi connectivity index (χ0) is 50.4. The van der Waals surface area contributed by atoms with Crippen LogP contribution >= 0.6 is 23.2 Å². The lowest BCUT2D eigenvalue weighted by molar-refractivity contribution is -0.147. The van der Waals surface area contributed by atoms with Crippen LogP contribution in [0.2, 0.25) is 10.0 Å². The van der Waals surface area contributed by atoms with Crippen LogP contribution in [0.25, 0.3) is 11.0 Å². The first-order valence-electron chi connectivity index (χ1n) is 23.5. The van der Waals surface area contributed by atoms with Gasteiger partial charge in [-0.25, -0.2) is 35.8 Å². The molecule has 0 spiro atoms. The molecule has 70 heavy (non-hydrogen) atoms. The molecule has 0 radical (unpaired) electrons. The lowest BCUT2D eigenvalue weighted by Gasteiger charge is -2.24. The molecule has 1 aromatic heterocycles. The van der Waals surface area contributed by atoms with Crippen molar-refractivity contribution in [2.45, 2.75) is 114 Å². The smallest absolute Gasteiger partial charge is 0.344 e. The number of nitrogens with one attached hydrogen (secondary N) is 3. The van der Waals surface area contributed by atoms with Crippen molar-refractivity contribution >= 4 is 95.1 Å². The maximum atomic E-state index is 14.6. The Morgan fingerprint density at radius 3 is 2.10 bits per heavy atom.